The zero-order valence-corrected chi connectivity index (χ0v) is 10.8. The van der Waals surface area contributed by atoms with Gasteiger partial charge >= 0.3 is 0 Å². The molecule has 100 valence electrons. The summed E-state index contributed by atoms with van der Waals surface area (Å²) < 4.78 is 5.16. The molecular weight excluding hydrogens is 246 g/mol. The average Bonchev–Trinajstić information content (AvgIpc) is 2.86. The zero-order valence-electron chi connectivity index (χ0n) is 10.8. The number of phenolic OH excluding ortho intramolecular Hbond substituents is 1. The summed E-state index contributed by atoms with van der Waals surface area (Å²) in [6.45, 7) is 3.37. The fourth-order valence-electron chi connectivity index (χ4n) is 1.69. The highest BCUT2D eigenvalue weighted by molar-refractivity contribution is 5.73. The fourth-order valence-corrected chi connectivity index (χ4v) is 1.69. The molecule has 0 spiro atoms. The first-order chi connectivity index (χ1) is 9.10. The largest absolute Gasteiger partial charge is 0.508 e. The molecular formula is C13H15N3O3. The van der Waals surface area contributed by atoms with Crippen LogP contribution in [0.4, 0.5) is 0 Å². The van der Waals surface area contributed by atoms with Crippen molar-refractivity contribution in [1.82, 2.24) is 15.5 Å². The molecule has 19 heavy (non-hydrogen) atoms. The molecule has 0 aliphatic heterocycles. The summed E-state index contributed by atoms with van der Waals surface area (Å²) in [4.78, 5) is 15.3. The second kappa shape index (κ2) is 5.51. The summed E-state index contributed by atoms with van der Waals surface area (Å²) in [5, 5.41) is 15.8. The van der Waals surface area contributed by atoms with E-state index >= 15 is 0 Å². The van der Waals surface area contributed by atoms with Crippen molar-refractivity contribution in [2.45, 2.75) is 26.3 Å². The second-order valence-corrected chi connectivity index (χ2v) is 4.16. The molecule has 1 aromatic heterocycles. The lowest BCUT2D eigenvalue weighted by atomic mass is 10.2. The van der Waals surface area contributed by atoms with Crippen LogP contribution in [0.25, 0.3) is 11.4 Å². The molecule has 1 heterocycles. The summed E-state index contributed by atoms with van der Waals surface area (Å²) in [7, 11) is 0. The smallest absolute Gasteiger partial charge is 0.249 e. The Kier molecular flexibility index (Phi) is 3.79. The molecule has 0 aliphatic rings. The number of nitrogens with zero attached hydrogens (tertiary/aromatic N) is 2. The Bertz CT molecular complexity index is 563. The first-order valence-electron chi connectivity index (χ1n) is 6.00. The summed E-state index contributed by atoms with van der Waals surface area (Å²) >= 11 is 0. The monoisotopic (exact) mass is 261 g/mol. The standard InChI is InChI=1S/C13H15N3O3/c1-3-11(14-8(2)17)13-15-12(16-19-13)9-4-6-10(18)7-5-9/h4-7,11,18H,3H2,1-2H3,(H,14,17). The van der Waals surface area contributed by atoms with Gasteiger partial charge in [0.2, 0.25) is 17.6 Å². The van der Waals surface area contributed by atoms with Crippen molar-refractivity contribution in [3.05, 3.63) is 30.2 Å². The van der Waals surface area contributed by atoms with Crippen LogP contribution in [0.1, 0.15) is 32.2 Å². The van der Waals surface area contributed by atoms with Crippen LogP contribution < -0.4 is 5.32 Å². The van der Waals surface area contributed by atoms with Crippen molar-refractivity contribution < 1.29 is 14.4 Å². The van der Waals surface area contributed by atoms with E-state index in [0.29, 0.717) is 18.1 Å². The Balaban J connectivity index is 2.22. The number of aromatic hydroxyl groups is 1. The van der Waals surface area contributed by atoms with Crippen LogP contribution in [-0.2, 0) is 4.79 Å². The molecule has 6 nitrogen and oxygen atoms in total. The predicted molar refractivity (Wildman–Crippen MR) is 68.2 cm³/mol. The third kappa shape index (κ3) is 3.09. The molecule has 0 bridgehead atoms. The summed E-state index contributed by atoms with van der Waals surface area (Å²) in [6.07, 6.45) is 0.663. The number of benzene rings is 1. The third-order valence-corrected chi connectivity index (χ3v) is 2.65. The number of amides is 1. The molecule has 1 atom stereocenters. The normalized spacial score (nSPS) is 12.1. The van der Waals surface area contributed by atoms with E-state index in [1.54, 1.807) is 24.3 Å². The average molecular weight is 261 g/mol. The van der Waals surface area contributed by atoms with Gasteiger partial charge in [-0.25, -0.2) is 0 Å². The maximum absolute atomic E-state index is 11.1. The number of hydrogen-bond donors (Lipinski definition) is 2. The summed E-state index contributed by atoms with van der Waals surface area (Å²) in [5.41, 5.74) is 0.741. The van der Waals surface area contributed by atoms with E-state index in [4.69, 9.17) is 4.52 Å². The summed E-state index contributed by atoms with van der Waals surface area (Å²) in [6, 6.07) is 6.22. The number of phenols is 1. The van der Waals surface area contributed by atoms with Crippen LogP contribution >= 0.6 is 0 Å². The van der Waals surface area contributed by atoms with E-state index in [1.807, 2.05) is 6.92 Å². The molecule has 0 saturated heterocycles. The van der Waals surface area contributed by atoms with E-state index < -0.39 is 0 Å². The lowest BCUT2D eigenvalue weighted by Crippen LogP contribution is -2.25. The number of carbonyl (C=O) groups is 1. The number of rotatable bonds is 4. The molecule has 2 rings (SSSR count). The maximum Gasteiger partial charge on any atom is 0.249 e. The Morgan fingerprint density at radius 2 is 2.11 bits per heavy atom. The molecule has 1 amide bonds. The highest BCUT2D eigenvalue weighted by Gasteiger charge is 2.18. The van der Waals surface area contributed by atoms with E-state index in [2.05, 4.69) is 15.5 Å². The predicted octanol–water partition coefficient (Wildman–Crippen LogP) is 2.03. The van der Waals surface area contributed by atoms with Gasteiger partial charge in [-0.2, -0.15) is 4.98 Å². The minimum Gasteiger partial charge on any atom is -0.508 e. The van der Waals surface area contributed by atoms with Gasteiger partial charge in [0, 0.05) is 12.5 Å². The van der Waals surface area contributed by atoms with Crippen LogP contribution in [0.15, 0.2) is 28.8 Å². The highest BCUT2D eigenvalue weighted by atomic mass is 16.5. The molecule has 0 saturated carbocycles. The van der Waals surface area contributed by atoms with Crippen molar-refractivity contribution in [2.75, 3.05) is 0 Å². The molecule has 6 heteroatoms. The molecule has 0 radical (unpaired) electrons. The Labute approximate surface area is 110 Å². The van der Waals surface area contributed by atoms with E-state index in [1.165, 1.54) is 6.92 Å². The fraction of sp³-hybridized carbons (Fsp3) is 0.308. The topological polar surface area (TPSA) is 88.2 Å². The lowest BCUT2D eigenvalue weighted by Gasteiger charge is -2.09. The van der Waals surface area contributed by atoms with Crippen molar-refractivity contribution in [3.8, 4) is 17.1 Å². The molecule has 0 fully saturated rings. The Morgan fingerprint density at radius 3 is 2.68 bits per heavy atom. The number of carbonyl (C=O) groups excluding carboxylic acids is 1. The number of hydrogen-bond acceptors (Lipinski definition) is 5. The van der Waals surface area contributed by atoms with Gasteiger partial charge in [-0.05, 0) is 30.7 Å². The molecule has 1 unspecified atom stereocenters. The molecule has 2 N–H and O–H groups in total. The van der Waals surface area contributed by atoms with Crippen LogP contribution in [0, 0.1) is 0 Å². The lowest BCUT2D eigenvalue weighted by molar-refractivity contribution is -0.119. The van der Waals surface area contributed by atoms with Gasteiger partial charge in [0.15, 0.2) is 0 Å². The van der Waals surface area contributed by atoms with Gasteiger partial charge in [0.25, 0.3) is 0 Å². The van der Waals surface area contributed by atoms with Gasteiger partial charge in [-0.1, -0.05) is 12.1 Å². The van der Waals surface area contributed by atoms with Gasteiger partial charge in [0.05, 0.1) is 0 Å². The molecule has 1 aromatic carbocycles. The number of nitrogens with one attached hydrogen (secondary N) is 1. The maximum atomic E-state index is 11.1. The molecule has 0 aliphatic carbocycles. The third-order valence-electron chi connectivity index (χ3n) is 2.65. The molecule has 2 aromatic rings. The summed E-state index contributed by atoms with van der Waals surface area (Å²) in [5.74, 6) is 0.841. The SMILES string of the molecule is CCC(NC(C)=O)c1nc(-c2ccc(O)cc2)no1. The van der Waals surface area contributed by atoms with Crippen LogP contribution in [-0.4, -0.2) is 21.2 Å². The van der Waals surface area contributed by atoms with Crippen molar-refractivity contribution in [1.29, 1.82) is 0 Å². The second-order valence-electron chi connectivity index (χ2n) is 4.16. The zero-order chi connectivity index (χ0) is 13.8. The van der Waals surface area contributed by atoms with Gasteiger partial charge in [-0.15, -0.1) is 0 Å². The van der Waals surface area contributed by atoms with Gasteiger partial charge < -0.3 is 14.9 Å². The van der Waals surface area contributed by atoms with Crippen LogP contribution in [0.2, 0.25) is 0 Å². The van der Waals surface area contributed by atoms with Gasteiger partial charge in [0.1, 0.15) is 11.8 Å². The minimum absolute atomic E-state index is 0.142. The number of aromatic nitrogens is 2. The van der Waals surface area contributed by atoms with E-state index in [9.17, 15) is 9.90 Å². The van der Waals surface area contributed by atoms with Crippen molar-refractivity contribution in [2.24, 2.45) is 0 Å². The van der Waals surface area contributed by atoms with Crippen molar-refractivity contribution >= 4 is 5.91 Å². The Morgan fingerprint density at radius 1 is 1.42 bits per heavy atom. The minimum atomic E-state index is -0.282. The van der Waals surface area contributed by atoms with E-state index in [0.717, 1.165) is 5.56 Å². The first-order valence-corrected chi connectivity index (χ1v) is 6.00. The highest BCUT2D eigenvalue weighted by Crippen LogP contribution is 2.22. The first kappa shape index (κ1) is 13.1. The van der Waals surface area contributed by atoms with Crippen LogP contribution in [0.5, 0.6) is 5.75 Å². The van der Waals surface area contributed by atoms with E-state index in [-0.39, 0.29) is 17.7 Å². The van der Waals surface area contributed by atoms with Crippen LogP contribution in [0.3, 0.4) is 0 Å². The van der Waals surface area contributed by atoms with Gasteiger partial charge in [-0.3, -0.25) is 4.79 Å². The Hall–Kier alpha value is -2.37. The quantitative estimate of drug-likeness (QED) is 0.879. The van der Waals surface area contributed by atoms with Crippen molar-refractivity contribution in [3.63, 3.8) is 0 Å².